The molecule has 3 heterocycles. The van der Waals surface area contributed by atoms with Gasteiger partial charge in [-0.3, -0.25) is 0 Å². The largest absolute Gasteiger partial charge is 0.376 e. The van der Waals surface area contributed by atoms with E-state index in [0.29, 0.717) is 36.2 Å². The molecule has 0 spiro atoms. The molecule has 0 radical (unpaired) electrons. The minimum Gasteiger partial charge on any atom is -0.376 e. The molecule has 0 unspecified atom stereocenters. The highest BCUT2D eigenvalue weighted by Crippen LogP contribution is 2.50. The van der Waals surface area contributed by atoms with Crippen molar-refractivity contribution in [3.8, 4) is 6.07 Å². The Labute approximate surface area is 151 Å². The topological polar surface area (TPSA) is 77.9 Å². The molecule has 138 valence electrons. The van der Waals surface area contributed by atoms with Crippen molar-refractivity contribution in [2.45, 2.75) is 62.8 Å². The summed E-state index contributed by atoms with van der Waals surface area (Å²) in [6, 6.07) is 5.50. The molecular formula is C20H23FN2O3. The van der Waals surface area contributed by atoms with Gasteiger partial charge in [-0.25, -0.2) is 4.39 Å². The van der Waals surface area contributed by atoms with E-state index in [9.17, 15) is 15.5 Å². The predicted octanol–water partition coefficient (Wildman–Crippen LogP) is 3.29. The van der Waals surface area contributed by atoms with Crippen molar-refractivity contribution >= 4 is 5.52 Å². The summed E-state index contributed by atoms with van der Waals surface area (Å²) in [5, 5.41) is 29.1. The van der Waals surface area contributed by atoms with Crippen LogP contribution in [0, 0.1) is 17.1 Å². The maximum Gasteiger partial charge on any atom is 0.180 e. The van der Waals surface area contributed by atoms with Crippen molar-refractivity contribution in [2.24, 2.45) is 0 Å². The number of nitrogens with zero attached hydrogens (tertiary/aromatic N) is 2. The number of aliphatic hydroxyl groups is 2. The Bertz CT molecular complexity index is 906. The Morgan fingerprint density at radius 3 is 2.69 bits per heavy atom. The van der Waals surface area contributed by atoms with Gasteiger partial charge in [-0.05, 0) is 63.1 Å². The molecule has 5 nitrogen and oxygen atoms in total. The van der Waals surface area contributed by atoms with E-state index in [1.54, 1.807) is 16.7 Å². The highest BCUT2D eigenvalue weighted by Gasteiger charge is 2.49. The molecular weight excluding hydrogens is 335 g/mol. The number of nitriles is 1. The zero-order valence-electron chi connectivity index (χ0n) is 15.0. The van der Waals surface area contributed by atoms with Gasteiger partial charge in [0.25, 0.3) is 0 Å². The van der Waals surface area contributed by atoms with Crippen molar-refractivity contribution in [1.29, 1.82) is 5.26 Å². The fraction of sp³-hybridized carbons (Fsp3) is 0.550. The number of rotatable bonds is 3. The average molecular weight is 358 g/mol. The normalized spacial score (nSPS) is 24.0. The lowest BCUT2D eigenvalue weighted by molar-refractivity contribution is -0.0596. The molecule has 1 atom stereocenters. The van der Waals surface area contributed by atoms with E-state index in [-0.39, 0.29) is 22.9 Å². The number of halogens is 1. The Morgan fingerprint density at radius 1 is 1.38 bits per heavy atom. The summed E-state index contributed by atoms with van der Waals surface area (Å²) in [5.74, 6) is -0.299. The third-order valence-corrected chi connectivity index (χ3v) is 5.78. The summed E-state index contributed by atoms with van der Waals surface area (Å²) in [4.78, 5) is 0. The van der Waals surface area contributed by atoms with E-state index < -0.39 is 11.7 Å². The number of fused-ring (bicyclic) bond motifs is 1. The molecule has 2 N–H and O–H groups in total. The van der Waals surface area contributed by atoms with E-state index in [1.807, 2.05) is 13.8 Å². The minimum atomic E-state index is -1.74. The molecule has 2 aromatic heterocycles. The molecule has 6 heteroatoms. The van der Waals surface area contributed by atoms with Crippen LogP contribution in [0.4, 0.5) is 4.39 Å². The first kappa shape index (κ1) is 17.5. The van der Waals surface area contributed by atoms with E-state index >= 15 is 4.39 Å². The number of hydrogen-bond donors (Lipinski definition) is 2. The number of pyridine rings is 1. The number of aromatic nitrogens is 1. The van der Waals surface area contributed by atoms with Crippen LogP contribution in [0.5, 0.6) is 0 Å². The maximum absolute atomic E-state index is 15.4. The van der Waals surface area contributed by atoms with E-state index in [0.717, 1.165) is 12.8 Å². The van der Waals surface area contributed by atoms with Crippen LogP contribution in [0.1, 0.15) is 68.6 Å². The molecule has 1 aliphatic heterocycles. The fourth-order valence-corrected chi connectivity index (χ4v) is 4.29. The Hall–Kier alpha value is -1.94. The molecule has 4 rings (SSSR count). The smallest absolute Gasteiger partial charge is 0.180 e. The van der Waals surface area contributed by atoms with Gasteiger partial charge >= 0.3 is 0 Å². The fourth-order valence-electron chi connectivity index (χ4n) is 4.29. The van der Waals surface area contributed by atoms with Crippen LogP contribution in [0.3, 0.4) is 0 Å². The molecule has 0 amide bonds. The van der Waals surface area contributed by atoms with Crippen molar-refractivity contribution in [2.75, 3.05) is 6.61 Å². The molecule has 0 bridgehead atoms. The lowest BCUT2D eigenvalue weighted by Crippen LogP contribution is -2.33. The summed E-state index contributed by atoms with van der Waals surface area (Å²) < 4.78 is 22.7. The average Bonchev–Trinajstić information content (AvgIpc) is 3.26. The van der Waals surface area contributed by atoms with Crippen molar-refractivity contribution in [1.82, 2.24) is 4.40 Å². The van der Waals surface area contributed by atoms with Gasteiger partial charge in [-0.15, -0.1) is 0 Å². The second-order valence-corrected chi connectivity index (χ2v) is 8.15. The summed E-state index contributed by atoms with van der Waals surface area (Å²) in [6.07, 6.45) is 2.79. The monoisotopic (exact) mass is 358 g/mol. The summed E-state index contributed by atoms with van der Waals surface area (Å²) in [5.41, 5.74) is 0.598. The lowest BCUT2D eigenvalue weighted by Gasteiger charge is -2.35. The van der Waals surface area contributed by atoms with Crippen LogP contribution in [-0.2, 0) is 10.2 Å². The summed E-state index contributed by atoms with van der Waals surface area (Å²) in [7, 11) is 0. The van der Waals surface area contributed by atoms with Crippen LogP contribution in [0.2, 0.25) is 0 Å². The molecule has 2 fully saturated rings. The molecule has 2 aliphatic rings. The molecule has 1 aliphatic carbocycles. The van der Waals surface area contributed by atoms with E-state index in [4.69, 9.17) is 4.74 Å². The number of aliphatic hydroxyl groups excluding tert-OH is 1. The van der Waals surface area contributed by atoms with Crippen LogP contribution in [0.25, 0.3) is 5.52 Å². The van der Waals surface area contributed by atoms with E-state index in [2.05, 4.69) is 6.07 Å². The SMILES string of the molecule is CC1(C)C[C@@H](c2ccn3c(C4(C#N)CC4)c(C(O)O)cc3c2F)CCO1. The van der Waals surface area contributed by atoms with Gasteiger partial charge in [-0.1, -0.05) is 0 Å². The highest BCUT2D eigenvalue weighted by molar-refractivity contribution is 5.61. The van der Waals surface area contributed by atoms with Gasteiger partial charge in [0, 0.05) is 18.4 Å². The molecule has 2 aromatic rings. The number of hydrogen-bond acceptors (Lipinski definition) is 4. The van der Waals surface area contributed by atoms with Gasteiger partial charge < -0.3 is 19.4 Å². The van der Waals surface area contributed by atoms with Gasteiger partial charge in [0.15, 0.2) is 12.1 Å². The zero-order chi connectivity index (χ0) is 18.7. The van der Waals surface area contributed by atoms with Gasteiger partial charge in [0.2, 0.25) is 0 Å². The van der Waals surface area contributed by atoms with E-state index in [1.165, 1.54) is 6.07 Å². The third-order valence-electron chi connectivity index (χ3n) is 5.78. The summed E-state index contributed by atoms with van der Waals surface area (Å²) in [6.45, 7) is 4.61. The van der Waals surface area contributed by atoms with Crippen LogP contribution in [0.15, 0.2) is 18.3 Å². The summed E-state index contributed by atoms with van der Waals surface area (Å²) >= 11 is 0. The van der Waals surface area contributed by atoms with Crippen LogP contribution < -0.4 is 0 Å². The third kappa shape index (κ3) is 2.62. The highest BCUT2D eigenvalue weighted by atomic mass is 19.1. The Kier molecular flexibility index (Phi) is 3.88. The second-order valence-electron chi connectivity index (χ2n) is 8.15. The predicted molar refractivity (Wildman–Crippen MR) is 93.1 cm³/mol. The molecule has 1 saturated carbocycles. The van der Waals surface area contributed by atoms with Crippen molar-refractivity contribution in [3.63, 3.8) is 0 Å². The lowest BCUT2D eigenvalue weighted by atomic mass is 9.83. The maximum atomic E-state index is 15.4. The standard InChI is InChI=1S/C20H23FN2O3/c1-19(2)10-12(4-8-26-19)13-3-7-23-15(16(13)21)9-14(18(24)25)17(23)20(11-22)5-6-20/h3,7,9,12,18,24-25H,4-6,8,10H2,1-2H3/t12-/m0/s1. The quantitative estimate of drug-likeness (QED) is 0.826. The van der Waals surface area contributed by atoms with Crippen LogP contribution >= 0.6 is 0 Å². The van der Waals surface area contributed by atoms with Crippen molar-refractivity contribution < 1.29 is 19.3 Å². The first-order valence-corrected chi connectivity index (χ1v) is 9.03. The van der Waals surface area contributed by atoms with Crippen LogP contribution in [-0.4, -0.2) is 26.8 Å². The first-order chi connectivity index (χ1) is 12.3. The molecule has 26 heavy (non-hydrogen) atoms. The minimum absolute atomic E-state index is 0.0513. The molecule has 1 saturated heterocycles. The Balaban J connectivity index is 1.86. The van der Waals surface area contributed by atoms with Gasteiger partial charge in [0.05, 0.1) is 28.3 Å². The van der Waals surface area contributed by atoms with Gasteiger partial charge in [0.1, 0.15) is 0 Å². The molecule has 0 aromatic carbocycles. The van der Waals surface area contributed by atoms with Gasteiger partial charge in [-0.2, -0.15) is 5.26 Å². The zero-order valence-corrected chi connectivity index (χ0v) is 15.0. The van der Waals surface area contributed by atoms with Crippen molar-refractivity contribution in [3.05, 3.63) is 41.0 Å². The Morgan fingerprint density at radius 2 is 2.12 bits per heavy atom. The second kappa shape index (κ2) is 5.78. The first-order valence-electron chi connectivity index (χ1n) is 9.03. The number of ether oxygens (including phenoxy) is 1.